The average molecular weight is 385 g/mol. The summed E-state index contributed by atoms with van der Waals surface area (Å²) in [6.45, 7) is 0. The maximum atomic E-state index is 12.5. The van der Waals surface area contributed by atoms with Gasteiger partial charge in [-0.25, -0.2) is 9.97 Å². The second-order valence-corrected chi connectivity index (χ2v) is 6.63. The summed E-state index contributed by atoms with van der Waals surface area (Å²) in [5.41, 5.74) is 2.98. The highest BCUT2D eigenvalue weighted by atomic mass is 16.2. The summed E-state index contributed by atoms with van der Waals surface area (Å²) in [4.78, 5) is 32.6. The first-order valence-corrected chi connectivity index (χ1v) is 9.05. The first-order valence-electron chi connectivity index (χ1n) is 9.05. The molecule has 2 aromatic heterocycles. The number of carbonyl (C=O) groups is 2. The molecule has 144 valence electrons. The van der Waals surface area contributed by atoms with Gasteiger partial charge in [0.15, 0.2) is 0 Å². The fourth-order valence-corrected chi connectivity index (χ4v) is 3.11. The monoisotopic (exact) mass is 385 g/mol. The van der Waals surface area contributed by atoms with Gasteiger partial charge >= 0.3 is 0 Å². The van der Waals surface area contributed by atoms with Crippen LogP contribution in [-0.4, -0.2) is 33.4 Å². The van der Waals surface area contributed by atoms with Gasteiger partial charge in [-0.1, -0.05) is 12.1 Å². The molecule has 0 aliphatic heterocycles. The highest BCUT2D eigenvalue weighted by molar-refractivity contribution is 6.05. The van der Waals surface area contributed by atoms with E-state index in [1.807, 2.05) is 42.1 Å². The molecule has 7 heteroatoms. The first-order chi connectivity index (χ1) is 14.0. The second-order valence-electron chi connectivity index (χ2n) is 6.63. The maximum Gasteiger partial charge on any atom is 0.256 e. The van der Waals surface area contributed by atoms with Gasteiger partial charge in [-0.05, 0) is 41.8 Å². The van der Waals surface area contributed by atoms with Crippen molar-refractivity contribution in [3.8, 4) is 11.3 Å². The summed E-state index contributed by atoms with van der Waals surface area (Å²) < 4.78 is 1.95. The number of fused-ring (bicyclic) bond motifs is 1. The van der Waals surface area contributed by atoms with Crippen molar-refractivity contribution in [3.05, 3.63) is 78.4 Å². The minimum absolute atomic E-state index is 0.197. The van der Waals surface area contributed by atoms with Gasteiger partial charge in [0.05, 0.1) is 18.2 Å². The van der Waals surface area contributed by atoms with E-state index in [0.717, 1.165) is 22.0 Å². The van der Waals surface area contributed by atoms with Gasteiger partial charge in [0.1, 0.15) is 5.82 Å². The number of hydrogen-bond acceptors (Lipinski definition) is 4. The number of nitrogens with one attached hydrogen (secondary N) is 2. The highest BCUT2D eigenvalue weighted by Gasteiger charge is 2.10. The molecule has 0 saturated heterocycles. The van der Waals surface area contributed by atoms with Crippen molar-refractivity contribution in [1.82, 2.24) is 19.9 Å². The predicted molar refractivity (Wildman–Crippen MR) is 112 cm³/mol. The van der Waals surface area contributed by atoms with E-state index in [4.69, 9.17) is 0 Å². The van der Waals surface area contributed by atoms with Crippen LogP contribution >= 0.6 is 0 Å². The Bertz CT molecular complexity index is 1210. The van der Waals surface area contributed by atoms with Gasteiger partial charge in [0, 0.05) is 42.4 Å². The number of benzene rings is 2. The maximum absolute atomic E-state index is 12.5. The SMILES string of the molecule is CNC(=O)c1ccc(C(=O)Nc2cc3cc(-c4cncn4C)ccc3cn2)cc1. The second kappa shape index (κ2) is 7.55. The minimum Gasteiger partial charge on any atom is -0.355 e. The van der Waals surface area contributed by atoms with Crippen LogP contribution in [0.3, 0.4) is 0 Å². The zero-order chi connectivity index (χ0) is 20.4. The van der Waals surface area contributed by atoms with Crippen LogP contribution in [0.5, 0.6) is 0 Å². The molecule has 0 bridgehead atoms. The Morgan fingerprint density at radius 1 is 0.897 bits per heavy atom. The Morgan fingerprint density at radius 3 is 2.28 bits per heavy atom. The molecule has 2 N–H and O–H groups in total. The van der Waals surface area contributed by atoms with Crippen molar-refractivity contribution in [3.63, 3.8) is 0 Å². The summed E-state index contributed by atoms with van der Waals surface area (Å²) in [6.07, 6.45) is 5.30. The van der Waals surface area contributed by atoms with Crippen LogP contribution in [0, 0.1) is 0 Å². The molecule has 0 fully saturated rings. The fraction of sp³-hybridized carbons (Fsp3) is 0.0909. The Morgan fingerprint density at radius 2 is 1.62 bits per heavy atom. The number of hydrogen-bond donors (Lipinski definition) is 2. The average Bonchev–Trinajstić information content (AvgIpc) is 3.18. The molecule has 0 aliphatic rings. The van der Waals surface area contributed by atoms with E-state index in [2.05, 4.69) is 20.6 Å². The number of amides is 2. The number of nitrogens with zero attached hydrogens (tertiary/aromatic N) is 3. The van der Waals surface area contributed by atoms with Crippen molar-refractivity contribution in [1.29, 1.82) is 0 Å². The fourth-order valence-electron chi connectivity index (χ4n) is 3.11. The largest absolute Gasteiger partial charge is 0.355 e. The van der Waals surface area contributed by atoms with Crippen LogP contribution < -0.4 is 10.6 Å². The Labute approximate surface area is 167 Å². The van der Waals surface area contributed by atoms with Crippen molar-refractivity contribution in [2.45, 2.75) is 0 Å². The van der Waals surface area contributed by atoms with Gasteiger partial charge in [-0.15, -0.1) is 0 Å². The first kappa shape index (κ1) is 18.4. The molecular weight excluding hydrogens is 366 g/mol. The number of carbonyl (C=O) groups excluding carboxylic acids is 2. The molecule has 2 aromatic carbocycles. The van der Waals surface area contributed by atoms with E-state index in [-0.39, 0.29) is 11.8 Å². The van der Waals surface area contributed by atoms with Crippen molar-refractivity contribution >= 4 is 28.4 Å². The number of rotatable bonds is 4. The smallest absolute Gasteiger partial charge is 0.256 e. The number of imidazole rings is 1. The quantitative estimate of drug-likeness (QED) is 0.564. The molecule has 2 amide bonds. The molecule has 0 spiro atoms. The van der Waals surface area contributed by atoms with Crippen LogP contribution in [-0.2, 0) is 7.05 Å². The van der Waals surface area contributed by atoms with Crippen LogP contribution in [0.4, 0.5) is 5.82 Å². The lowest BCUT2D eigenvalue weighted by Gasteiger charge is -2.08. The van der Waals surface area contributed by atoms with Crippen LogP contribution in [0.25, 0.3) is 22.0 Å². The van der Waals surface area contributed by atoms with E-state index in [1.165, 1.54) is 0 Å². The predicted octanol–water partition coefficient (Wildman–Crippen LogP) is 3.25. The van der Waals surface area contributed by atoms with E-state index in [1.54, 1.807) is 43.8 Å². The minimum atomic E-state index is -0.289. The van der Waals surface area contributed by atoms with Crippen LogP contribution in [0.1, 0.15) is 20.7 Å². The highest BCUT2D eigenvalue weighted by Crippen LogP contribution is 2.25. The molecular formula is C22H19N5O2. The van der Waals surface area contributed by atoms with Crippen molar-refractivity contribution in [2.24, 2.45) is 7.05 Å². The molecule has 2 heterocycles. The number of aromatic nitrogens is 3. The molecule has 7 nitrogen and oxygen atoms in total. The Kier molecular flexibility index (Phi) is 4.78. The van der Waals surface area contributed by atoms with Crippen molar-refractivity contribution < 1.29 is 9.59 Å². The van der Waals surface area contributed by atoms with Crippen LogP contribution in [0.2, 0.25) is 0 Å². The number of pyridine rings is 1. The zero-order valence-corrected chi connectivity index (χ0v) is 16.0. The number of anilines is 1. The molecule has 4 aromatic rings. The lowest BCUT2D eigenvalue weighted by Crippen LogP contribution is -2.18. The molecule has 29 heavy (non-hydrogen) atoms. The summed E-state index contributed by atoms with van der Waals surface area (Å²) in [5.74, 6) is -0.0273. The topological polar surface area (TPSA) is 88.9 Å². The summed E-state index contributed by atoms with van der Waals surface area (Å²) in [7, 11) is 3.51. The van der Waals surface area contributed by atoms with Gasteiger partial charge in [-0.3, -0.25) is 9.59 Å². The van der Waals surface area contributed by atoms with E-state index >= 15 is 0 Å². The molecule has 0 saturated carbocycles. The molecule has 0 atom stereocenters. The molecule has 0 unspecified atom stereocenters. The van der Waals surface area contributed by atoms with E-state index in [9.17, 15) is 9.59 Å². The summed E-state index contributed by atoms with van der Waals surface area (Å²) >= 11 is 0. The van der Waals surface area contributed by atoms with E-state index < -0.39 is 0 Å². The Balaban J connectivity index is 1.58. The molecule has 4 rings (SSSR count). The third-order valence-electron chi connectivity index (χ3n) is 4.71. The summed E-state index contributed by atoms with van der Waals surface area (Å²) in [6, 6.07) is 14.3. The molecule has 0 aliphatic carbocycles. The third-order valence-corrected chi connectivity index (χ3v) is 4.71. The standard InChI is InChI=1S/C22H19N5O2/c1-23-21(28)14-3-5-15(6-4-14)22(29)26-20-10-18-9-16(7-8-17(18)11-25-20)19-12-24-13-27(19)2/h3-13H,1-2H3,(H,23,28)(H,25,26,29). The van der Waals surface area contributed by atoms with Gasteiger partial charge in [-0.2, -0.15) is 0 Å². The number of aryl methyl sites for hydroxylation is 1. The normalized spacial score (nSPS) is 10.7. The van der Waals surface area contributed by atoms with E-state index in [0.29, 0.717) is 16.9 Å². The van der Waals surface area contributed by atoms with Crippen LogP contribution in [0.15, 0.2) is 67.3 Å². The summed E-state index contributed by atoms with van der Waals surface area (Å²) in [5, 5.41) is 7.30. The van der Waals surface area contributed by atoms with Gasteiger partial charge in [0.25, 0.3) is 11.8 Å². The third kappa shape index (κ3) is 3.70. The molecule has 0 radical (unpaired) electrons. The lowest BCUT2D eigenvalue weighted by atomic mass is 10.1. The Hall–Kier alpha value is -4.00. The van der Waals surface area contributed by atoms with Gasteiger partial charge < -0.3 is 15.2 Å². The van der Waals surface area contributed by atoms with Crippen molar-refractivity contribution in [2.75, 3.05) is 12.4 Å². The zero-order valence-electron chi connectivity index (χ0n) is 16.0. The lowest BCUT2D eigenvalue weighted by molar-refractivity contribution is 0.0961. The van der Waals surface area contributed by atoms with Gasteiger partial charge in [0.2, 0.25) is 0 Å².